The fraction of sp³-hybridized carbons (Fsp3) is 0.688. The van der Waals surface area contributed by atoms with E-state index < -0.39 is 0 Å². The molecule has 1 fully saturated rings. The average Bonchev–Trinajstić information content (AvgIpc) is 2.40. The number of pyridine rings is 1. The summed E-state index contributed by atoms with van der Waals surface area (Å²) >= 11 is 0. The molecule has 1 aromatic heterocycles. The minimum Gasteiger partial charge on any atom is -0.265 e. The number of hydrogen-bond donors (Lipinski definition) is 0. The molecule has 0 amide bonds. The van der Waals surface area contributed by atoms with Gasteiger partial charge in [-0.3, -0.25) is 4.98 Å². The molecule has 0 radical (unpaired) electrons. The van der Waals surface area contributed by atoms with E-state index in [0.29, 0.717) is 0 Å². The maximum atomic E-state index is 4.09. The van der Waals surface area contributed by atoms with Crippen LogP contribution in [0.2, 0.25) is 0 Å². The molecule has 0 N–H and O–H groups in total. The van der Waals surface area contributed by atoms with E-state index in [-0.39, 0.29) is 0 Å². The Hall–Kier alpha value is -0.850. The molecular formula is C16H25N. The molecule has 1 nitrogen and oxygen atoms in total. The number of hydrogen-bond acceptors (Lipinski definition) is 1. The molecule has 1 atom stereocenters. The van der Waals surface area contributed by atoms with Crippen LogP contribution in [0.15, 0.2) is 24.5 Å². The molecule has 1 unspecified atom stereocenters. The monoisotopic (exact) mass is 231 g/mol. The summed E-state index contributed by atoms with van der Waals surface area (Å²) < 4.78 is 0. The second-order valence-electron chi connectivity index (χ2n) is 5.57. The molecule has 94 valence electrons. The van der Waals surface area contributed by atoms with Gasteiger partial charge < -0.3 is 0 Å². The predicted molar refractivity (Wildman–Crippen MR) is 72.9 cm³/mol. The second kappa shape index (κ2) is 6.78. The summed E-state index contributed by atoms with van der Waals surface area (Å²) in [5.41, 5.74) is 1.46. The number of aromatic nitrogens is 1. The maximum absolute atomic E-state index is 4.09. The Kier molecular flexibility index (Phi) is 5.03. The topological polar surface area (TPSA) is 12.9 Å². The lowest BCUT2D eigenvalue weighted by molar-refractivity contribution is 0.282. The van der Waals surface area contributed by atoms with Gasteiger partial charge in [0.15, 0.2) is 0 Å². The standard InChI is InChI=1S/C16H25N/c1-2-14(12-15-6-4-3-5-7-15)13-16-8-10-17-11-9-16/h8-11,14-15H,2-7,12-13H2,1H3. The van der Waals surface area contributed by atoms with Gasteiger partial charge >= 0.3 is 0 Å². The van der Waals surface area contributed by atoms with E-state index in [1.807, 2.05) is 12.4 Å². The molecule has 1 aliphatic carbocycles. The zero-order valence-corrected chi connectivity index (χ0v) is 11.1. The first kappa shape index (κ1) is 12.6. The van der Waals surface area contributed by atoms with Crippen LogP contribution in [0.4, 0.5) is 0 Å². The molecule has 0 aliphatic heterocycles. The smallest absolute Gasteiger partial charge is 0.0270 e. The van der Waals surface area contributed by atoms with Crippen molar-refractivity contribution < 1.29 is 0 Å². The Morgan fingerprint density at radius 1 is 1.18 bits per heavy atom. The number of rotatable bonds is 5. The van der Waals surface area contributed by atoms with Crippen molar-refractivity contribution in [3.05, 3.63) is 30.1 Å². The zero-order valence-electron chi connectivity index (χ0n) is 11.1. The van der Waals surface area contributed by atoms with Gasteiger partial charge in [0.05, 0.1) is 0 Å². The van der Waals surface area contributed by atoms with Gasteiger partial charge in [-0.2, -0.15) is 0 Å². The fourth-order valence-corrected chi connectivity index (χ4v) is 3.14. The fourth-order valence-electron chi connectivity index (χ4n) is 3.14. The van der Waals surface area contributed by atoms with Crippen LogP contribution in [0.3, 0.4) is 0 Å². The van der Waals surface area contributed by atoms with Crippen molar-refractivity contribution in [3.8, 4) is 0 Å². The van der Waals surface area contributed by atoms with Gasteiger partial charge in [0.1, 0.15) is 0 Å². The second-order valence-corrected chi connectivity index (χ2v) is 5.57. The van der Waals surface area contributed by atoms with Gasteiger partial charge in [0.25, 0.3) is 0 Å². The van der Waals surface area contributed by atoms with Crippen molar-refractivity contribution in [1.29, 1.82) is 0 Å². The van der Waals surface area contributed by atoms with Crippen molar-refractivity contribution in [3.63, 3.8) is 0 Å². The Labute approximate surface area is 106 Å². The first-order valence-corrected chi connectivity index (χ1v) is 7.27. The molecule has 0 saturated heterocycles. The van der Waals surface area contributed by atoms with E-state index in [0.717, 1.165) is 11.8 Å². The lowest BCUT2D eigenvalue weighted by atomic mass is 9.80. The Balaban J connectivity index is 1.83. The minimum atomic E-state index is 0.875. The molecule has 0 bridgehead atoms. The summed E-state index contributed by atoms with van der Waals surface area (Å²) in [6.45, 7) is 2.34. The highest BCUT2D eigenvalue weighted by Gasteiger charge is 2.18. The molecule has 1 saturated carbocycles. The molecular weight excluding hydrogens is 206 g/mol. The summed E-state index contributed by atoms with van der Waals surface area (Å²) in [6.07, 6.45) is 15.2. The van der Waals surface area contributed by atoms with Gasteiger partial charge in [0.2, 0.25) is 0 Å². The van der Waals surface area contributed by atoms with E-state index in [9.17, 15) is 0 Å². The number of nitrogens with zero attached hydrogens (tertiary/aromatic N) is 1. The highest BCUT2D eigenvalue weighted by molar-refractivity contribution is 5.10. The molecule has 0 aromatic carbocycles. The van der Waals surface area contributed by atoms with Crippen LogP contribution >= 0.6 is 0 Å². The third-order valence-electron chi connectivity index (χ3n) is 4.24. The highest BCUT2D eigenvalue weighted by atomic mass is 14.6. The van der Waals surface area contributed by atoms with Crippen molar-refractivity contribution in [2.24, 2.45) is 11.8 Å². The molecule has 1 heterocycles. The zero-order chi connectivity index (χ0) is 11.9. The van der Waals surface area contributed by atoms with Crippen LogP contribution < -0.4 is 0 Å². The molecule has 0 spiro atoms. The molecule has 17 heavy (non-hydrogen) atoms. The lowest BCUT2D eigenvalue weighted by Gasteiger charge is -2.26. The first-order valence-electron chi connectivity index (χ1n) is 7.27. The van der Waals surface area contributed by atoms with Gasteiger partial charge in [-0.25, -0.2) is 0 Å². The van der Waals surface area contributed by atoms with Crippen molar-refractivity contribution in [2.75, 3.05) is 0 Å². The van der Waals surface area contributed by atoms with Crippen molar-refractivity contribution in [2.45, 2.75) is 58.3 Å². The largest absolute Gasteiger partial charge is 0.265 e. The summed E-state index contributed by atoms with van der Waals surface area (Å²) in [5, 5.41) is 0. The van der Waals surface area contributed by atoms with Gasteiger partial charge in [-0.15, -0.1) is 0 Å². The summed E-state index contributed by atoms with van der Waals surface area (Å²) in [5.74, 6) is 1.89. The normalized spacial score (nSPS) is 19.1. The molecule has 1 aliphatic rings. The third kappa shape index (κ3) is 4.14. The highest BCUT2D eigenvalue weighted by Crippen LogP contribution is 2.31. The van der Waals surface area contributed by atoms with Crippen LogP contribution in [0, 0.1) is 11.8 Å². The molecule has 2 rings (SSSR count). The Morgan fingerprint density at radius 2 is 1.88 bits per heavy atom. The van der Waals surface area contributed by atoms with Gasteiger partial charge in [0, 0.05) is 12.4 Å². The molecule has 1 aromatic rings. The van der Waals surface area contributed by atoms with Crippen LogP contribution in [0.5, 0.6) is 0 Å². The SMILES string of the molecule is CCC(Cc1ccncc1)CC1CCCCC1. The van der Waals surface area contributed by atoms with E-state index in [2.05, 4.69) is 24.0 Å². The van der Waals surface area contributed by atoms with Gasteiger partial charge in [-0.1, -0.05) is 45.4 Å². The van der Waals surface area contributed by atoms with Gasteiger partial charge in [-0.05, 0) is 42.4 Å². The lowest BCUT2D eigenvalue weighted by Crippen LogP contribution is -2.13. The van der Waals surface area contributed by atoms with E-state index >= 15 is 0 Å². The minimum absolute atomic E-state index is 0.875. The first-order chi connectivity index (χ1) is 8.38. The quantitative estimate of drug-likeness (QED) is 0.720. The van der Waals surface area contributed by atoms with Crippen LogP contribution in [-0.2, 0) is 6.42 Å². The predicted octanol–water partition coefficient (Wildman–Crippen LogP) is 4.62. The van der Waals surface area contributed by atoms with Crippen LogP contribution in [-0.4, -0.2) is 4.98 Å². The van der Waals surface area contributed by atoms with Crippen LogP contribution in [0.25, 0.3) is 0 Å². The van der Waals surface area contributed by atoms with Crippen LogP contribution in [0.1, 0.15) is 57.4 Å². The third-order valence-corrected chi connectivity index (χ3v) is 4.24. The van der Waals surface area contributed by atoms with E-state index in [1.54, 1.807) is 0 Å². The summed E-state index contributed by atoms with van der Waals surface area (Å²) in [7, 11) is 0. The van der Waals surface area contributed by atoms with Crippen molar-refractivity contribution in [1.82, 2.24) is 4.98 Å². The Morgan fingerprint density at radius 3 is 2.53 bits per heavy atom. The van der Waals surface area contributed by atoms with E-state index in [1.165, 1.54) is 56.9 Å². The summed E-state index contributed by atoms with van der Waals surface area (Å²) in [4.78, 5) is 4.09. The summed E-state index contributed by atoms with van der Waals surface area (Å²) in [6, 6.07) is 4.34. The maximum Gasteiger partial charge on any atom is 0.0270 e. The Bertz CT molecular complexity index is 301. The average molecular weight is 231 g/mol. The molecule has 1 heteroatoms. The van der Waals surface area contributed by atoms with Crippen molar-refractivity contribution >= 4 is 0 Å². The van der Waals surface area contributed by atoms with E-state index in [4.69, 9.17) is 0 Å².